The fourth-order valence-electron chi connectivity index (χ4n) is 2.06. The Kier molecular flexibility index (Phi) is 3.21. The monoisotopic (exact) mass is 303 g/mol. The lowest BCUT2D eigenvalue weighted by Crippen LogP contribution is -2.12. The molecule has 21 heavy (non-hydrogen) atoms. The van der Waals surface area contributed by atoms with Crippen molar-refractivity contribution in [3.63, 3.8) is 0 Å². The van der Waals surface area contributed by atoms with Crippen molar-refractivity contribution in [2.45, 2.75) is 23.9 Å². The van der Waals surface area contributed by atoms with E-state index in [0.717, 1.165) is 29.2 Å². The van der Waals surface area contributed by atoms with Crippen LogP contribution in [0.1, 0.15) is 21.7 Å². The number of fused-ring (bicyclic) bond motifs is 1. The van der Waals surface area contributed by atoms with Crippen LogP contribution in [0.15, 0.2) is 28.3 Å². The topological polar surface area (TPSA) is 72.0 Å². The van der Waals surface area contributed by atoms with E-state index >= 15 is 0 Å². The summed E-state index contributed by atoms with van der Waals surface area (Å²) < 4.78 is 14.1. The number of halogens is 1. The summed E-state index contributed by atoms with van der Waals surface area (Å²) in [6.07, 6.45) is 0. The Morgan fingerprint density at radius 3 is 2.43 bits per heavy atom. The lowest BCUT2D eigenvalue weighted by Gasteiger charge is -2.06. The molecular weight excluding hydrogens is 293 g/mol. The molecule has 1 aromatic heterocycles. The summed E-state index contributed by atoms with van der Waals surface area (Å²) in [7, 11) is 0. The SMILES string of the molecule is Cc1cc(C)nc(Sc2cc3c(cc2F)C(=O)C(=O)N3)n1. The maximum atomic E-state index is 14.1. The van der Waals surface area contributed by atoms with Crippen LogP contribution in [-0.4, -0.2) is 21.7 Å². The summed E-state index contributed by atoms with van der Waals surface area (Å²) in [5.41, 5.74) is 1.95. The van der Waals surface area contributed by atoms with Gasteiger partial charge in [0, 0.05) is 11.4 Å². The van der Waals surface area contributed by atoms with Gasteiger partial charge in [-0.25, -0.2) is 14.4 Å². The number of carbonyl (C=O) groups is 2. The summed E-state index contributed by atoms with van der Waals surface area (Å²) in [4.78, 5) is 31.5. The second-order valence-electron chi connectivity index (χ2n) is 4.65. The second-order valence-corrected chi connectivity index (χ2v) is 5.66. The number of anilines is 1. The van der Waals surface area contributed by atoms with Gasteiger partial charge in [0.1, 0.15) is 5.82 Å². The number of aryl methyl sites for hydroxylation is 2. The first-order valence-corrected chi connectivity index (χ1v) is 6.95. The second kappa shape index (κ2) is 4.92. The van der Waals surface area contributed by atoms with Gasteiger partial charge in [-0.2, -0.15) is 0 Å². The molecule has 0 aliphatic carbocycles. The number of aromatic nitrogens is 2. The quantitative estimate of drug-likeness (QED) is 0.682. The maximum Gasteiger partial charge on any atom is 0.296 e. The molecule has 1 amide bonds. The number of benzene rings is 1. The molecule has 1 aliphatic heterocycles. The Morgan fingerprint density at radius 2 is 1.76 bits per heavy atom. The molecule has 1 aliphatic rings. The molecule has 0 unspecified atom stereocenters. The molecule has 2 heterocycles. The van der Waals surface area contributed by atoms with Gasteiger partial charge in [0.25, 0.3) is 11.7 Å². The Morgan fingerprint density at radius 1 is 1.10 bits per heavy atom. The predicted octanol–water partition coefficient (Wildman–Crippen LogP) is 2.52. The zero-order chi connectivity index (χ0) is 15.1. The van der Waals surface area contributed by atoms with Crippen LogP contribution in [0.2, 0.25) is 0 Å². The molecule has 7 heteroatoms. The minimum Gasteiger partial charge on any atom is -0.318 e. The third kappa shape index (κ3) is 2.52. The number of hydrogen-bond donors (Lipinski definition) is 1. The van der Waals surface area contributed by atoms with E-state index in [1.807, 2.05) is 19.9 Å². The van der Waals surface area contributed by atoms with Crippen molar-refractivity contribution in [3.8, 4) is 0 Å². The van der Waals surface area contributed by atoms with Crippen LogP contribution < -0.4 is 5.32 Å². The third-order valence-corrected chi connectivity index (χ3v) is 3.83. The van der Waals surface area contributed by atoms with Crippen LogP contribution in [0.5, 0.6) is 0 Å². The summed E-state index contributed by atoms with van der Waals surface area (Å²) in [6, 6.07) is 4.32. The van der Waals surface area contributed by atoms with Gasteiger partial charge in [-0.3, -0.25) is 9.59 Å². The number of nitrogens with zero attached hydrogens (tertiary/aromatic N) is 2. The first-order chi connectivity index (χ1) is 9.94. The molecule has 0 saturated carbocycles. The van der Waals surface area contributed by atoms with E-state index < -0.39 is 17.5 Å². The van der Waals surface area contributed by atoms with E-state index in [9.17, 15) is 14.0 Å². The minimum atomic E-state index is -0.741. The highest BCUT2D eigenvalue weighted by Gasteiger charge is 2.29. The molecular formula is C14H10FN3O2S. The molecule has 0 radical (unpaired) electrons. The van der Waals surface area contributed by atoms with Crippen molar-refractivity contribution in [2.75, 3.05) is 5.32 Å². The van der Waals surface area contributed by atoms with Gasteiger partial charge in [0.2, 0.25) is 0 Å². The summed E-state index contributed by atoms with van der Waals surface area (Å²) in [5, 5.41) is 2.83. The van der Waals surface area contributed by atoms with Gasteiger partial charge in [0.15, 0.2) is 5.16 Å². The van der Waals surface area contributed by atoms with E-state index in [-0.39, 0.29) is 10.5 Å². The zero-order valence-electron chi connectivity index (χ0n) is 11.2. The van der Waals surface area contributed by atoms with Gasteiger partial charge in [-0.15, -0.1) is 0 Å². The third-order valence-electron chi connectivity index (χ3n) is 2.93. The largest absolute Gasteiger partial charge is 0.318 e. The Labute approximate surface area is 124 Å². The number of carbonyl (C=O) groups excluding carboxylic acids is 2. The standard InChI is InChI=1S/C14H10FN3O2S/c1-6-3-7(2)17-14(16-6)21-11-5-10-8(4-9(11)15)12(19)13(20)18-10/h3-5H,1-2H3,(H,18,19,20). The summed E-state index contributed by atoms with van der Waals surface area (Å²) in [5.74, 6) is -2.04. The van der Waals surface area contributed by atoms with Crippen LogP contribution in [0.25, 0.3) is 0 Å². The smallest absolute Gasteiger partial charge is 0.296 e. The van der Waals surface area contributed by atoms with Crippen molar-refractivity contribution in [2.24, 2.45) is 0 Å². The summed E-state index contributed by atoms with van der Waals surface area (Å²) in [6.45, 7) is 3.66. The lowest BCUT2D eigenvalue weighted by atomic mass is 10.1. The minimum absolute atomic E-state index is 0.0585. The molecule has 0 atom stereocenters. The first-order valence-electron chi connectivity index (χ1n) is 6.13. The summed E-state index contributed by atoms with van der Waals surface area (Å²) >= 11 is 1.05. The number of rotatable bonds is 2. The highest BCUT2D eigenvalue weighted by molar-refractivity contribution is 7.99. The molecule has 1 aromatic carbocycles. The maximum absolute atomic E-state index is 14.1. The molecule has 0 saturated heterocycles. The lowest BCUT2D eigenvalue weighted by molar-refractivity contribution is -0.112. The molecule has 0 bridgehead atoms. The zero-order valence-corrected chi connectivity index (χ0v) is 12.0. The molecule has 0 spiro atoms. The van der Waals surface area contributed by atoms with E-state index in [4.69, 9.17) is 0 Å². The Bertz CT molecular complexity index is 772. The van der Waals surface area contributed by atoms with Gasteiger partial charge in [-0.1, -0.05) is 0 Å². The van der Waals surface area contributed by atoms with E-state index in [2.05, 4.69) is 15.3 Å². The van der Waals surface area contributed by atoms with Crippen molar-refractivity contribution in [1.29, 1.82) is 0 Å². The number of amides is 1. The average molecular weight is 303 g/mol. The normalized spacial score (nSPS) is 13.3. The van der Waals surface area contributed by atoms with Crippen molar-refractivity contribution in [3.05, 3.63) is 41.0 Å². The molecule has 1 N–H and O–H groups in total. The molecule has 5 nitrogen and oxygen atoms in total. The fourth-order valence-corrected chi connectivity index (χ4v) is 2.97. The van der Waals surface area contributed by atoms with Gasteiger partial charge >= 0.3 is 0 Å². The van der Waals surface area contributed by atoms with Gasteiger partial charge in [-0.05, 0) is 43.8 Å². The first kappa shape index (κ1) is 13.7. The van der Waals surface area contributed by atoms with Crippen LogP contribution in [0.4, 0.5) is 10.1 Å². The van der Waals surface area contributed by atoms with Crippen molar-refractivity contribution in [1.82, 2.24) is 9.97 Å². The van der Waals surface area contributed by atoms with Crippen molar-refractivity contribution < 1.29 is 14.0 Å². The molecule has 2 aromatic rings. The Balaban J connectivity index is 1.99. The molecule has 3 rings (SSSR count). The van der Waals surface area contributed by atoms with Crippen LogP contribution in [-0.2, 0) is 4.79 Å². The Hall–Kier alpha value is -2.28. The highest BCUT2D eigenvalue weighted by atomic mass is 32.2. The van der Waals surface area contributed by atoms with E-state index in [1.165, 1.54) is 6.07 Å². The molecule has 0 fully saturated rings. The van der Waals surface area contributed by atoms with E-state index in [1.54, 1.807) is 0 Å². The van der Waals surface area contributed by atoms with Crippen molar-refractivity contribution >= 4 is 29.1 Å². The van der Waals surface area contributed by atoms with Crippen LogP contribution in [0.3, 0.4) is 0 Å². The van der Waals surface area contributed by atoms with Crippen LogP contribution >= 0.6 is 11.8 Å². The van der Waals surface area contributed by atoms with Gasteiger partial charge < -0.3 is 5.32 Å². The highest BCUT2D eigenvalue weighted by Crippen LogP contribution is 2.34. The number of Topliss-reactive ketones (excluding diaryl/α,β-unsaturated/α-hetero) is 1. The van der Waals surface area contributed by atoms with E-state index in [0.29, 0.717) is 10.8 Å². The number of hydrogen-bond acceptors (Lipinski definition) is 5. The number of ketones is 1. The fraction of sp³-hybridized carbons (Fsp3) is 0.143. The van der Waals surface area contributed by atoms with Crippen LogP contribution in [0, 0.1) is 19.7 Å². The molecule has 106 valence electrons. The number of nitrogens with one attached hydrogen (secondary N) is 1. The van der Waals surface area contributed by atoms with Gasteiger partial charge in [0.05, 0.1) is 16.1 Å². The average Bonchev–Trinajstić information content (AvgIpc) is 2.65. The predicted molar refractivity (Wildman–Crippen MR) is 75.0 cm³/mol.